The molecule has 9 rings (SSSR count). The van der Waals surface area contributed by atoms with Gasteiger partial charge in [0, 0.05) is 0 Å². The zero-order valence-corrected chi connectivity index (χ0v) is 26.8. The fourth-order valence-electron chi connectivity index (χ4n) is 8.12. The third-order valence-corrected chi connectivity index (χ3v) is 13.8. The molecule has 0 unspecified atom stereocenters. The van der Waals surface area contributed by atoms with Gasteiger partial charge in [-0.15, -0.1) is 0 Å². The van der Waals surface area contributed by atoms with Crippen molar-refractivity contribution in [3.05, 3.63) is 151 Å². The van der Waals surface area contributed by atoms with E-state index in [2.05, 4.69) is 159 Å². The van der Waals surface area contributed by atoms with Crippen molar-refractivity contribution in [1.29, 1.82) is 0 Å². The summed E-state index contributed by atoms with van der Waals surface area (Å²) in [6.07, 6.45) is 9.07. The zero-order chi connectivity index (χ0) is 30.1. The molecule has 7 aromatic rings. The average Bonchev–Trinajstić information content (AvgIpc) is 3.32. The van der Waals surface area contributed by atoms with Crippen LogP contribution in [0.3, 0.4) is 0 Å². The van der Waals surface area contributed by atoms with Crippen LogP contribution in [-0.2, 0) is 0 Å². The van der Waals surface area contributed by atoms with E-state index in [0.717, 1.165) is 12.8 Å². The van der Waals surface area contributed by atoms with Gasteiger partial charge in [0.1, 0.15) is 8.07 Å². The van der Waals surface area contributed by atoms with Crippen molar-refractivity contribution < 1.29 is 0 Å². The van der Waals surface area contributed by atoms with Crippen LogP contribution in [0.25, 0.3) is 71.3 Å². The summed E-state index contributed by atoms with van der Waals surface area (Å²) in [7, 11) is -1.87. The maximum atomic E-state index is 2.62. The predicted octanol–water partition coefficient (Wildman–Crippen LogP) is 11.0. The minimum atomic E-state index is -1.87. The second-order valence-electron chi connectivity index (χ2n) is 13.2. The lowest BCUT2D eigenvalue weighted by Crippen LogP contribution is -2.49. The molecular formula is C44H34Si. The van der Waals surface area contributed by atoms with Gasteiger partial charge in [-0.25, -0.2) is 0 Å². The highest BCUT2D eigenvalue weighted by atomic mass is 28.3. The lowest BCUT2D eigenvalue weighted by molar-refractivity contribution is 1.06. The van der Waals surface area contributed by atoms with Crippen LogP contribution in [0.1, 0.15) is 18.4 Å². The molecule has 1 heterocycles. The molecule has 0 fully saturated rings. The van der Waals surface area contributed by atoms with E-state index < -0.39 is 8.07 Å². The number of hydrogen-bond acceptors (Lipinski definition) is 0. The maximum absolute atomic E-state index is 2.62. The zero-order valence-electron chi connectivity index (χ0n) is 25.8. The number of allylic oxidation sites excluding steroid dienone is 4. The number of fused-ring (bicyclic) bond motifs is 6. The first-order valence-electron chi connectivity index (χ1n) is 16.2. The first-order chi connectivity index (χ1) is 22.1. The van der Waals surface area contributed by atoms with E-state index in [-0.39, 0.29) is 0 Å². The summed E-state index contributed by atoms with van der Waals surface area (Å²) in [5.74, 6) is 0. The third-order valence-electron chi connectivity index (χ3n) is 10.3. The molecule has 0 nitrogen and oxygen atoms in total. The Morgan fingerprint density at radius 2 is 1.13 bits per heavy atom. The quantitative estimate of drug-likeness (QED) is 0.142. The summed E-state index contributed by atoms with van der Waals surface area (Å²) in [5, 5.41) is 11.1. The molecule has 0 aromatic heterocycles. The van der Waals surface area contributed by atoms with E-state index in [1.54, 1.807) is 10.4 Å². The Morgan fingerprint density at radius 1 is 0.489 bits per heavy atom. The second kappa shape index (κ2) is 10.0. The molecular weight excluding hydrogens is 557 g/mol. The second-order valence-corrected chi connectivity index (χ2v) is 17.5. The van der Waals surface area contributed by atoms with Gasteiger partial charge in [0.25, 0.3) is 0 Å². The Bertz CT molecular complexity index is 2390. The molecule has 7 aromatic carbocycles. The van der Waals surface area contributed by atoms with Crippen LogP contribution in [-0.4, -0.2) is 8.07 Å². The Kier molecular flexibility index (Phi) is 5.88. The highest BCUT2D eigenvalue weighted by molar-refractivity contribution is 7.04. The van der Waals surface area contributed by atoms with Gasteiger partial charge in [-0.3, -0.25) is 0 Å². The Morgan fingerprint density at radius 3 is 1.89 bits per heavy atom. The molecule has 0 saturated carbocycles. The van der Waals surface area contributed by atoms with E-state index in [4.69, 9.17) is 0 Å². The SMILES string of the molecule is C[Si]1(C)c2ccccc2-c2cc3c(-c4cc5ccccc5cc4-c4ccccc4)c4ccccc4c(C4=CC=CCC4)c3cc21. The van der Waals surface area contributed by atoms with Crippen molar-refractivity contribution in [2.24, 2.45) is 0 Å². The molecule has 0 amide bonds. The number of benzene rings is 7. The highest BCUT2D eigenvalue weighted by Gasteiger charge is 2.38. The molecule has 1 heteroatoms. The van der Waals surface area contributed by atoms with Crippen LogP contribution in [0.2, 0.25) is 13.1 Å². The van der Waals surface area contributed by atoms with Crippen LogP contribution >= 0.6 is 0 Å². The largest absolute Gasteiger partial charge is 0.113 e. The van der Waals surface area contributed by atoms with Crippen LogP contribution in [0.4, 0.5) is 0 Å². The monoisotopic (exact) mass is 590 g/mol. The first kappa shape index (κ1) is 26.4. The van der Waals surface area contributed by atoms with Gasteiger partial charge in [-0.2, -0.15) is 0 Å². The van der Waals surface area contributed by atoms with Crippen molar-refractivity contribution in [2.45, 2.75) is 25.9 Å². The smallest absolute Gasteiger partial charge is 0.0842 e. The molecule has 0 spiro atoms. The normalized spacial score (nSPS) is 14.9. The van der Waals surface area contributed by atoms with Crippen molar-refractivity contribution in [2.75, 3.05) is 0 Å². The van der Waals surface area contributed by atoms with Crippen LogP contribution in [0.5, 0.6) is 0 Å². The van der Waals surface area contributed by atoms with Crippen molar-refractivity contribution in [3.8, 4) is 33.4 Å². The summed E-state index contributed by atoms with van der Waals surface area (Å²) < 4.78 is 0. The molecule has 214 valence electrons. The number of hydrogen-bond donors (Lipinski definition) is 0. The Labute approximate surface area is 266 Å². The summed E-state index contributed by atoms with van der Waals surface area (Å²) >= 11 is 0. The minimum absolute atomic E-state index is 1.07. The summed E-state index contributed by atoms with van der Waals surface area (Å²) in [6, 6.07) is 48.1. The Balaban J connectivity index is 1.50. The van der Waals surface area contributed by atoms with Gasteiger partial charge in [-0.1, -0.05) is 141 Å². The van der Waals surface area contributed by atoms with E-state index in [1.807, 2.05) is 0 Å². The molecule has 1 aliphatic carbocycles. The van der Waals surface area contributed by atoms with Gasteiger partial charge in [-0.05, 0) is 118 Å². The van der Waals surface area contributed by atoms with Gasteiger partial charge in [0.05, 0.1) is 0 Å². The molecule has 0 bridgehead atoms. The first-order valence-corrected chi connectivity index (χ1v) is 19.2. The van der Waals surface area contributed by atoms with Crippen molar-refractivity contribution in [3.63, 3.8) is 0 Å². The fourth-order valence-corrected chi connectivity index (χ4v) is 11.2. The standard InChI is InChI=1S/C44H34Si/c1-45(2)41-24-14-13-21-33(41)37-27-39-40(28-42(37)45)43(30-17-7-4-8-18-30)34-22-11-12-23-35(34)44(39)38-26-32-20-10-9-19-31(32)25-36(38)29-15-5-3-6-16-29/h3-7,9-17,19-28H,8,18H2,1-2H3. The van der Waals surface area contributed by atoms with Crippen LogP contribution < -0.4 is 10.4 Å². The highest BCUT2D eigenvalue weighted by Crippen LogP contribution is 2.48. The predicted molar refractivity (Wildman–Crippen MR) is 198 cm³/mol. The van der Waals surface area contributed by atoms with E-state index in [0.29, 0.717) is 0 Å². The lowest BCUT2D eigenvalue weighted by Gasteiger charge is -2.24. The molecule has 1 aliphatic heterocycles. The topological polar surface area (TPSA) is 0 Å². The Hall–Kier alpha value is -4.98. The van der Waals surface area contributed by atoms with Crippen molar-refractivity contribution in [1.82, 2.24) is 0 Å². The van der Waals surface area contributed by atoms with Crippen LogP contribution in [0, 0.1) is 0 Å². The van der Waals surface area contributed by atoms with Gasteiger partial charge < -0.3 is 0 Å². The molecule has 45 heavy (non-hydrogen) atoms. The van der Waals surface area contributed by atoms with Gasteiger partial charge >= 0.3 is 0 Å². The lowest BCUT2D eigenvalue weighted by atomic mass is 9.81. The summed E-state index contributed by atoms with van der Waals surface area (Å²) in [5.41, 5.74) is 10.9. The average molecular weight is 591 g/mol. The molecule has 2 aliphatic rings. The molecule has 0 N–H and O–H groups in total. The summed E-state index contributed by atoms with van der Waals surface area (Å²) in [4.78, 5) is 0. The number of rotatable bonds is 3. The van der Waals surface area contributed by atoms with Gasteiger partial charge in [0.2, 0.25) is 0 Å². The van der Waals surface area contributed by atoms with E-state index in [9.17, 15) is 0 Å². The molecule has 0 saturated heterocycles. The molecule has 0 radical (unpaired) electrons. The van der Waals surface area contributed by atoms with Crippen LogP contribution in [0.15, 0.2) is 146 Å². The van der Waals surface area contributed by atoms with E-state index >= 15 is 0 Å². The van der Waals surface area contributed by atoms with E-state index in [1.165, 1.54) is 76.8 Å². The summed E-state index contributed by atoms with van der Waals surface area (Å²) in [6.45, 7) is 5.06. The fraction of sp³-hybridized carbons (Fsp3) is 0.0909. The van der Waals surface area contributed by atoms with Gasteiger partial charge in [0.15, 0.2) is 0 Å². The third kappa shape index (κ3) is 3.97. The molecule has 0 atom stereocenters. The minimum Gasteiger partial charge on any atom is -0.0842 e. The maximum Gasteiger partial charge on any atom is 0.113 e. The van der Waals surface area contributed by atoms with Crippen molar-refractivity contribution >= 4 is 56.3 Å².